The Morgan fingerprint density at radius 3 is 2.63 bits per heavy atom. The minimum Gasteiger partial charge on any atom is -0.462 e. The molecule has 0 unspecified atom stereocenters. The van der Waals surface area contributed by atoms with Crippen LogP contribution in [0.15, 0.2) is 35.4 Å². The fraction of sp³-hybridized carbons (Fsp3) is 0.286. The van der Waals surface area contributed by atoms with Crippen LogP contribution < -0.4 is 5.32 Å². The lowest BCUT2D eigenvalue weighted by atomic mass is 10.0. The number of rotatable bonds is 7. The molecule has 3 rings (SSSR count). The van der Waals surface area contributed by atoms with Crippen molar-refractivity contribution in [1.82, 2.24) is 15.2 Å². The van der Waals surface area contributed by atoms with Crippen LogP contribution in [0.25, 0.3) is 11.3 Å². The Morgan fingerprint density at radius 2 is 1.93 bits per heavy atom. The largest absolute Gasteiger partial charge is 0.462 e. The highest BCUT2D eigenvalue weighted by atomic mass is 32.2. The van der Waals surface area contributed by atoms with Crippen molar-refractivity contribution in [2.75, 3.05) is 17.7 Å². The third kappa shape index (κ3) is 5.43. The van der Waals surface area contributed by atoms with Crippen LogP contribution in [0.3, 0.4) is 0 Å². The minimum atomic E-state index is -0.429. The van der Waals surface area contributed by atoms with Crippen molar-refractivity contribution < 1.29 is 14.3 Å². The number of nitrogens with zero attached hydrogens (tertiary/aromatic N) is 3. The summed E-state index contributed by atoms with van der Waals surface area (Å²) in [5.41, 5.74) is 4.68. The molecule has 30 heavy (non-hydrogen) atoms. The normalized spacial score (nSPS) is 10.7. The summed E-state index contributed by atoms with van der Waals surface area (Å²) in [7, 11) is 0. The van der Waals surface area contributed by atoms with Gasteiger partial charge in [0.05, 0.1) is 23.7 Å². The average molecular weight is 443 g/mol. The van der Waals surface area contributed by atoms with Crippen LogP contribution in [0.5, 0.6) is 0 Å². The number of nitrogens with one attached hydrogen (secondary N) is 1. The van der Waals surface area contributed by atoms with Crippen molar-refractivity contribution in [2.24, 2.45) is 0 Å². The number of thioether (sulfide) groups is 1. The first-order valence-electron chi connectivity index (χ1n) is 9.36. The summed E-state index contributed by atoms with van der Waals surface area (Å²) in [6.07, 6.45) is 0. The number of aromatic nitrogens is 3. The molecule has 0 saturated heterocycles. The number of hydrogen-bond donors (Lipinski definition) is 1. The first-order chi connectivity index (χ1) is 14.4. The van der Waals surface area contributed by atoms with E-state index in [1.165, 1.54) is 11.8 Å². The zero-order chi connectivity index (χ0) is 21.7. The summed E-state index contributed by atoms with van der Waals surface area (Å²) < 4.78 is 4.99. The Balaban J connectivity index is 1.58. The molecule has 1 aromatic carbocycles. The second-order valence-corrected chi connectivity index (χ2v) is 8.56. The maximum absolute atomic E-state index is 12.2. The molecule has 156 valence electrons. The molecule has 9 heteroatoms. The van der Waals surface area contributed by atoms with Crippen molar-refractivity contribution in [3.8, 4) is 11.3 Å². The summed E-state index contributed by atoms with van der Waals surface area (Å²) in [5, 5.41) is 12.3. The lowest BCUT2D eigenvalue weighted by Gasteiger charge is -2.06. The Labute approximate surface area is 183 Å². The number of amides is 1. The zero-order valence-corrected chi connectivity index (χ0v) is 18.8. The maximum Gasteiger partial charge on any atom is 0.350 e. The van der Waals surface area contributed by atoms with Crippen molar-refractivity contribution in [3.63, 3.8) is 0 Å². The standard InChI is InChI=1S/C21H22N4O3S2/c1-5-28-20(27)19-14(4)22-21(30-19)23-17(26)11-29-18-9-8-16(24-25-18)15-10-12(2)6-7-13(15)3/h6-10H,5,11H2,1-4H3,(H,22,23,26). The minimum absolute atomic E-state index is 0.158. The van der Waals surface area contributed by atoms with Crippen molar-refractivity contribution in [1.29, 1.82) is 0 Å². The first kappa shape index (κ1) is 21.9. The van der Waals surface area contributed by atoms with E-state index in [1.807, 2.05) is 26.0 Å². The summed E-state index contributed by atoms with van der Waals surface area (Å²) in [5.74, 6) is -0.503. The smallest absolute Gasteiger partial charge is 0.350 e. The van der Waals surface area contributed by atoms with Crippen molar-refractivity contribution in [3.05, 3.63) is 52.0 Å². The Morgan fingerprint density at radius 1 is 1.13 bits per heavy atom. The summed E-state index contributed by atoms with van der Waals surface area (Å²) in [6.45, 7) is 7.82. The summed E-state index contributed by atoms with van der Waals surface area (Å²) in [6, 6.07) is 9.97. The number of carbonyl (C=O) groups excluding carboxylic acids is 2. The van der Waals surface area contributed by atoms with Crippen LogP contribution in [-0.2, 0) is 9.53 Å². The number of anilines is 1. The van der Waals surface area contributed by atoms with Gasteiger partial charge in [-0.15, -0.1) is 10.2 Å². The first-order valence-corrected chi connectivity index (χ1v) is 11.2. The number of aryl methyl sites for hydroxylation is 3. The zero-order valence-electron chi connectivity index (χ0n) is 17.2. The van der Waals surface area contributed by atoms with Crippen LogP contribution in [-0.4, -0.2) is 39.4 Å². The summed E-state index contributed by atoms with van der Waals surface area (Å²) >= 11 is 2.39. The fourth-order valence-electron chi connectivity index (χ4n) is 2.68. The topological polar surface area (TPSA) is 94.1 Å². The molecule has 0 saturated carbocycles. The summed E-state index contributed by atoms with van der Waals surface area (Å²) in [4.78, 5) is 28.7. The second-order valence-electron chi connectivity index (χ2n) is 6.57. The highest BCUT2D eigenvalue weighted by molar-refractivity contribution is 7.99. The predicted molar refractivity (Wildman–Crippen MR) is 119 cm³/mol. The molecule has 1 N–H and O–H groups in total. The SMILES string of the molecule is CCOC(=O)c1sc(NC(=O)CSc2ccc(-c3cc(C)ccc3C)nn2)nc1C. The number of thiazole rings is 1. The third-order valence-corrected chi connectivity index (χ3v) is 6.14. The van der Waals surface area contributed by atoms with Gasteiger partial charge in [0.25, 0.3) is 0 Å². The van der Waals surface area contributed by atoms with E-state index in [2.05, 4.69) is 38.7 Å². The molecule has 2 heterocycles. The average Bonchev–Trinajstić information content (AvgIpc) is 3.09. The van der Waals surface area contributed by atoms with Gasteiger partial charge in [0, 0.05) is 5.56 Å². The van der Waals surface area contributed by atoms with Gasteiger partial charge in [0.15, 0.2) is 5.13 Å². The quantitative estimate of drug-likeness (QED) is 0.427. The molecule has 3 aromatic rings. The van der Waals surface area contributed by atoms with E-state index >= 15 is 0 Å². The van der Waals surface area contributed by atoms with Crippen LogP contribution in [0.4, 0.5) is 5.13 Å². The van der Waals surface area contributed by atoms with Gasteiger partial charge in [-0.1, -0.05) is 40.8 Å². The van der Waals surface area contributed by atoms with E-state index in [4.69, 9.17) is 4.74 Å². The van der Waals surface area contributed by atoms with Gasteiger partial charge < -0.3 is 10.1 Å². The lowest BCUT2D eigenvalue weighted by Crippen LogP contribution is -2.14. The van der Waals surface area contributed by atoms with Crippen LogP contribution in [0, 0.1) is 20.8 Å². The van der Waals surface area contributed by atoms with Gasteiger partial charge in [0.2, 0.25) is 5.91 Å². The van der Waals surface area contributed by atoms with E-state index in [-0.39, 0.29) is 18.3 Å². The molecule has 0 aliphatic heterocycles. The molecular weight excluding hydrogens is 420 g/mol. The number of carbonyl (C=O) groups is 2. The van der Waals surface area contributed by atoms with E-state index in [0.717, 1.165) is 33.7 Å². The monoisotopic (exact) mass is 442 g/mol. The number of ether oxygens (including phenoxy) is 1. The van der Waals surface area contributed by atoms with Crippen LogP contribution >= 0.6 is 23.1 Å². The lowest BCUT2D eigenvalue weighted by molar-refractivity contribution is -0.113. The van der Waals surface area contributed by atoms with E-state index in [1.54, 1.807) is 13.8 Å². The second kappa shape index (κ2) is 9.82. The Bertz CT molecular complexity index is 1060. The Hall–Kier alpha value is -2.78. The van der Waals surface area contributed by atoms with Crippen LogP contribution in [0.1, 0.15) is 33.4 Å². The molecule has 1 amide bonds. The number of esters is 1. The molecule has 0 spiro atoms. The molecular formula is C21H22N4O3S2. The molecule has 0 radical (unpaired) electrons. The highest BCUT2D eigenvalue weighted by Gasteiger charge is 2.17. The highest BCUT2D eigenvalue weighted by Crippen LogP contribution is 2.25. The molecule has 2 aromatic heterocycles. The molecule has 0 aliphatic rings. The van der Waals surface area contributed by atoms with E-state index < -0.39 is 5.97 Å². The molecule has 0 atom stereocenters. The van der Waals surface area contributed by atoms with Crippen LogP contribution in [0.2, 0.25) is 0 Å². The van der Waals surface area contributed by atoms with Gasteiger partial charge in [-0.25, -0.2) is 9.78 Å². The van der Waals surface area contributed by atoms with Gasteiger partial charge in [-0.05, 0) is 51.5 Å². The number of benzene rings is 1. The van der Waals surface area contributed by atoms with Gasteiger partial charge in [0.1, 0.15) is 9.90 Å². The van der Waals surface area contributed by atoms with E-state index in [0.29, 0.717) is 20.7 Å². The van der Waals surface area contributed by atoms with Crippen molar-refractivity contribution >= 4 is 40.1 Å². The predicted octanol–water partition coefficient (Wildman–Crippen LogP) is 4.43. The number of hydrogen-bond acceptors (Lipinski definition) is 8. The molecule has 0 aliphatic carbocycles. The molecule has 0 bridgehead atoms. The fourth-order valence-corrected chi connectivity index (χ4v) is 4.17. The maximum atomic E-state index is 12.2. The third-order valence-electron chi connectivity index (χ3n) is 4.16. The van der Waals surface area contributed by atoms with Gasteiger partial charge in [-0.2, -0.15) is 0 Å². The Kier molecular flexibility index (Phi) is 7.17. The van der Waals surface area contributed by atoms with Gasteiger partial charge >= 0.3 is 5.97 Å². The van der Waals surface area contributed by atoms with Gasteiger partial charge in [-0.3, -0.25) is 4.79 Å². The van der Waals surface area contributed by atoms with Crippen molar-refractivity contribution in [2.45, 2.75) is 32.7 Å². The van der Waals surface area contributed by atoms with E-state index in [9.17, 15) is 9.59 Å². The molecule has 0 fully saturated rings. The molecule has 7 nitrogen and oxygen atoms in total.